The largest absolute Gasteiger partial charge is 0.454 e. The van der Waals surface area contributed by atoms with Gasteiger partial charge in [-0.3, -0.25) is 4.90 Å². The molecule has 3 aromatic rings. The molecule has 7 heteroatoms. The Morgan fingerprint density at radius 3 is 2.86 bits per heavy atom. The van der Waals surface area contributed by atoms with Crippen molar-refractivity contribution < 1.29 is 14.3 Å². The summed E-state index contributed by atoms with van der Waals surface area (Å²) in [6, 6.07) is 14.0. The number of amides is 2. The van der Waals surface area contributed by atoms with Crippen LogP contribution in [0.4, 0.5) is 10.5 Å². The first kappa shape index (κ1) is 17.6. The molecule has 0 saturated carbocycles. The van der Waals surface area contributed by atoms with Gasteiger partial charge in [0, 0.05) is 42.8 Å². The highest BCUT2D eigenvalue weighted by atomic mass is 16.7. The molecule has 1 fully saturated rings. The molecule has 1 saturated heterocycles. The van der Waals surface area contributed by atoms with Crippen molar-refractivity contribution in [2.45, 2.75) is 19.3 Å². The van der Waals surface area contributed by atoms with E-state index in [0.29, 0.717) is 13.1 Å². The molecule has 2 aliphatic heterocycles. The van der Waals surface area contributed by atoms with E-state index in [1.54, 1.807) is 4.90 Å². The standard InChI is InChI=1S/C22H22N4O3/c1-15(11-16-5-6-19-20(12-16)29-14-28-19)21-23-7-9-25(21)17-3-2-4-18(13-17)26-10-8-24-22(26)27/h2-7,9,12-13,15H,8,10-11,14H2,1H3,(H,24,27)/t15-/m0/s1. The number of anilines is 1. The molecule has 1 N–H and O–H groups in total. The van der Waals surface area contributed by atoms with E-state index in [0.717, 1.165) is 35.1 Å². The van der Waals surface area contributed by atoms with Gasteiger partial charge in [0.2, 0.25) is 6.79 Å². The van der Waals surface area contributed by atoms with Gasteiger partial charge in [0.25, 0.3) is 0 Å². The van der Waals surface area contributed by atoms with Gasteiger partial charge in [-0.15, -0.1) is 0 Å². The summed E-state index contributed by atoms with van der Waals surface area (Å²) in [4.78, 5) is 18.4. The first-order chi connectivity index (χ1) is 14.2. The molecule has 5 rings (SSSR count). The van der Waals surface area contributed by atoms with Crippen LogP contribution in [0, 0.1) is 0 Å². The zero-order valence-corrected chi connectivity index (χ0v) is 16.2. The van der Waals surface area contributed by atoms with E-state index in [9.17, 15) is 4.79 Å². The fourth-order valence-electron chi connectivity index (χ4n) is 3.94. The van der Waals surface area contributed by atoms with Crippen LogP contribution in [0.5, 0.6) is 11.5 Å². The number of fused-ring (bicyclic) bond motifs is 1. The topological polar surface area (TPSA) is 68.6 Å². The molecule has 148 valence electrons. The van der Waals surface area contributed by atoms with Gasteiger partial charge in [-0.05, 0) is 42.3 Å². The van der Waals surface area contributed by atoms with Gasteiger partial charge >= 0.3 is 6.03 Å². The summed E-state index contributed by atoms with van der Waals surface area (Å²) in [7, 11) is 0. The number of urea groups is 1. The Balaban J connectivity index is 1.40. The second-order valence-corrected chi connectivity index (χ2v) is 7.35. The van der Waals surface area contributed by atoms with Crippen molar-refractivity contribution in [2.24, 2.45) is 0 Å². The Kier molecular flexibility index (Phi) is 4.35. The number of aromatic nitrogens is 2. The Morgan fingerprint density at radius 1 is 1.14 bits per heavy atom. The number of carbonyl (C=O) groups excluding carboxylic acids is 1. The summed E-state index contributed by atoms with van der Waals surface area (Å²) >= 11 is 0. The van der Waals surface area contributed by atoms with E-state index in [2.05, 4.69) is 27.9 Å². The number of nitrogens with one attached hydrogen (secondary N) is 1. The quantitative estimate of drug-likeness (QED) is 0.724. The number of carbonyl (C=O) groups is 1. The number of hydrogen-bond acceptors (Lipinski definition) is 4. The highest BCUT2D eigenvalue weighted by Gasteiger charge is 2.22. The number of hydrogen-bond donors (Lipinski definition) is 1. The van der Waals surface area contributed by atoms with Crippen molar-refractivity contribution >= 4 is 11.7 Å². The van der Waals surface area contributed by atoms with Gasteiger partial charge < -0.3 is 19.4 Å². The summed E-state index contributed by atoms with van der Waals surface area (Å²) in [5, 5.41) is 2.85. The fraction of sp³-hybridized carbons (Fsp3) is 0.273. The van der Waals surface area contributed by atoms with Crippen LogP contribution in [0.3, 0.4) is 0 Å². The van der Waals surface area contributed by atoms with Gasteiger partial charge in [-0.2, -0.15) is 0 Å². The molecule has 0 aliphatic carbocycles. The highest BCUT2D eigenvalue weighted by Crippen LogP contribution is 2.34. The Morgan fingerprint density at radius 2 is 2.00 bits per heavy atom. The van der Waals surface area contributed by atoms with E-state index in [1.807, 2.05) is 48.8 Å². The minimum absolute atomic E-state index is 0.0517. The van der Waals surface area contributed by atoms with Crippen LogP contribution in [-0.2, 0) is 6.42 Å². The third-order valence-corrected chi connectivity index (χ3v) is 5.37. The molecule has 0 radical (unpaired) electrons. The lowest BCUT2D eigenvalue weighted by Gasteiger charge is -2.18. The second kappa shape index (κ2) is 7.16. The highest BCUT2D eigenvalue weighted by molar-refractivity contribution is 5.94. The van der Waals surface area contributed by atoms with Gasteiger partial charge in [0.15, 0.2) is 11.5 Å². The molecule has 29 heavy (non-hydrogen) atoms. The smallest absolute Gasteiger partial charge is 0.321 e. The number of benzene rings is 2. The normalized spacial score (nSPS) is 16.2. The summed E-state index contributed by atoms with van der Waals surface area (Å²) in [5.41, 5.74) is 3.06. The van der Waals surface area contributed by atoms with E-state index >= 15 is 0 Å². The molecule has 2 aromatic carbocycles. The molecule has 7 nitrogen and oxygen atoms in total. The van der Waals surface area contributed by atoms with Crippen LogP contribution in [-0.4, -0.2) is 35.5 Å². The van der Waals surface area contributed by atoms with Crippen LogP contribution in [0.1, 0.15) is 24.2 Å². The minimum atomic E-state index is -0.0517. The molecule has 2 amide bonds. The number of rotatable bonds is 5. The van der Waals surface area contributed by atoms with E-state index in [1.165, 1.54) is 5.56 Å². The number of nitrogens with zero attached hydrogens (tertiary/aromatic N) is 3. The third-order valence-electron chi connectivity index (χ3n) is 5.37. The molecule has 1 atom stereocenters. The monoisotopic (exact) mass is 390 g/mol. The van der Waals surface area contributed by atoms with Crippen molar-refractivity contribution in [2.75, 3.05) is 24.8 Å². The van der Waals surface area contributed by atoms with Crippen molar-refractivity contribution in [3.63, 3.8) is 0 Å². The lowest BCUT2D eigenvalue weighted by atomic mass is 10.00. The Hall–Kier alpha value is -3.48. The Bertz CT molecular complexity index is 1060. The number of ether oxygens (including phenoxy) is 2. The average Bonchev–Trinajstić information content (AvgIpc) is 3.48. The predicted molar refractivity (Wildman–Crippen MR) is 109 cm³/mol. The maximum absolute atomic E-state index is 12.0. The molecule has 1 aromatic heterocycles. The first-order valence-electron chi connectivity index (χ1n) is 9.76. The molecule has 0 spiro atoms. The summed E-state index contributed by atoms with van der Waals surface area (Å²) in [5.74, 6) is 2.77. The van der Waals surface area contributed by atoms with E-state index in [4.69, 9.17) is 9.47 Å². The van der Waals surface area contributed by atoms with Crippen LogP contribution in [0.2, 0.25) is 0 Å². The van der Waals surface area contributed by atoms with Crippen LogP contribution < -0.4 is 19.7 Å². The van der Waals surface area contributed by atoms with Gasteiger partial charge in [0.1, 0.15) is 5.82 Å². The summed E-state index contributed by atoms with van der Waals surface area (Å²) in [6.45, 7) is 3.80. The SMILES string of the molecule is C[C@@H](Cc1ccc2c(c1)OCO2)c1nccn1-c1cccc(N2CCNC2=O)c1. The fourth-order valence-corrected chi connectivity index (χ4v) is 3.94. The lowest BCUT2D eigenvalue weighted by Crippen LogP contribution is -2.27. The molecule has 2 aliphatic rings. The van der Waals surface area contributed by atoms with E-state index < -0.39 is 0 Å². The zero-order chi connectivity index (χ0) is 19.8. The van der Waals surface area contributed by atoms with Crippen LogP contribution >= 0.6 is 0 Å². The molecular formula is C22H22N4O3. The van der Waals surface area contributed by atoms with E-state index in [-0.39, 0.29) is 18.7 Å². The Labute approximate surface area is 168 Å². The summed E-state index contributed by atoms with van der Waals surface area (Å²) < 4.78 is 13.0. The maximum atomic E-state index is 12.0. The second-order valence-electron chi connectivity index (χ2n) is 7.35. The first-order valence-corrected chi connectivity index (χ1v) is 9.76. The van der Waals surface area contributed by atoms with Crippen molar-refractivity contribution in [1.29, 1.82) is 0 Å². The number of imidazole rings is 1. The van der Waals surface area contributed by atoms with Gasteiger partial charge in [-0.25, -0.2) is 9.78 Å². The van der Waals surface area contributed by atoms with Gasteiger partial charge in [-0.1, -0.05) is 19.1 Å². The molecular weight excluding hydrogens is 368 g/mol. The average molecular weight is 390 g/mol. The summed E-state index contributed by atoms with van der Waals surface area (Å²) in [6.07, 6.45) is 4.62. The molecule has 3 heterocycles. The van der Waals surface area contributed by atoms with Crippen LogP contribution in [0.15, 0.2) is 54.9 Å². The van der Waals surface area contributed by atoms with Crippen molar-refractivity contribution in [3.8, 4) is 17.2 Å². The maximum Gasteiger partial charge on any atom is 0.321 e. The van der Waals surface area contributed by atoms with Crippen molar-refractivity contribution in [1.82, 2.24) is 14.9 Å². The minimum Gasteiger partial charge on any atom is -0.454 e. The zero-order valence-electron chi connectivity index (χ0n) is 16.2. The lowest BCUT2D eigenvalue weighted by molar-refractivity contribution is 0.174. The predicted octanol–water partition coefficient (Wildman–Crippen LogP) is 3.48. The third kappa shape index (κ3) is 3.29. The van der Waals surface area contributed by atoms with Gasteiger partial charge in [0.05, 0.1) is 0 Å². The molecule has 0 bridgehead atoms. The van der Waals surface area contributed by atoms with Crippen molar-refractivity contribution in [3.05, 3.63) is 66.2 Å². The molecule has 0 unspecified atom stereocenters. The van der Waals surface area contributed by atoms with Crippen LogP contribution in [0.25, 0.3) is 5.69 Å².